The highest BCUT2D eigenvalue weighted by Crippen LogP contribution is 2.45. The molecule has 4 aromatic rings. The Morgan fingerprint density at radius 1 is 1.02 bits per heavy atom. The zero-order valence-electron chi connectivity index (χ0n) is 22.5. The smallest absolute Gasteiger partial charge is 0.238 e. The monoisotopic (exact) mass is 561 g/mol. The Kier molecular flexibility index (Phi) is 6.82. The van der Waals surface area contributed by atoms with Crippen LogP contribution >= 0.6 is 0 Å². The summed E-state index contributed by atoms with van der Waals surface area (Å²) in [6.45, 7) is 3.65. The van der Waals surface area contributed by atoms with E-state index in [-0.39, 0.29) is 6.04 Å². The number of anilines is 2. The molecule has 2 fully saturated rings. The molecule has 2 saturated carbocycles. The number of sulfonamides is 1. The van der Waals surface area contributed by atoms with Gasteiger partial charge in [0.1, 0.15) is 11.9 Å². The second-order valence-corrected chi connectivity index (χ2v) is 13.2. The van der Waals surface area contributed by atoms with Gasteiger partial charge in [-0.15, -0.1) is 0 Å². The zero-order valence-corrected chi connectivity index (χ0v) is 23.3. The van der Waals surface area contributed by atoms with Crippen molar-refractivity contribution in [2.45, 2.75) is 69.3 Å². The van der Waals surface area contributed by atoms with E-state index in [0.29, 0.717) is 60.2 Å². The van der Waals surface area contributed by atoms with Crippen LogP contribution in [0.15, 0.2) is 60.9 Å². The number of nitrogens with zero attached hydrogens (tertiary/aromatic N) is 3. The molecule has 0 spiro atoms. The summed E-state index contributed by atoms with van der Waals surface area (Å²) in [5, 5.41) is 4.79. The van der Waals surface area contributed by atoms with Gasteiger partial charge in [-0.05, 0) is 82.2 Å². The minimum atomic E-state index is -3.52. The summed E-state index contributed by atoms with van der Waals surface area (Å²) in [7, 11) is -3.52. The average Bonchev–Trinajstić information content (AvgIpc) is 3.70. The molecule has 2 unspecified atom stereocenters. The molecule has 0 aliphatic heterocycles. The Labute approximate surface area is 233 Å². The van der Waals surface area contributed by atoms with E-state index >= 15 is 0 Å². The molecule has 208 valence electrons. The van der Waals surface area contributed by atoms with Gasteiger partial charge in [0.05, 0.1) is 21.7 Å². The highest BCUT2D eigenvalue weighted by atomic mass is 32.2. The molecule has 0 amide bonds. The Bertz CT molecular complexity index is 1680. The summed E-state index contributed by atoms with van der Waals surface area (Å²) in [6, 6.07) is 14.8. The molecule has 0 saturated heterocycles. The summed E-state index contributed by atoms with van der Waals surface area (Å²) in [5.41, 5.74) is 2.59. The number of pyridine rings is 1. The van der Waals surface area contributed by atoms with Crippen molar-refractivity contribution in [2.75, 3.05) is 10.0 Å². The first kappa shape index (κ1) is 26.4. The van der Waals surface area contributed by atoms with Gasteiger partial charge in [0.25, 0.3) is 0 Å². The summed E-state index contributed by atoms with van der Waals surface area (Å²) in [5.74, 6) is 1.38. The lowest BCUT2D eigenvalue weighted by Gasteiger charge is -2.25. The second kappa shape index (κ2) is 10.3. The van der Waals surface area contributed by atoms with Crippen molar-refractivity contribution in [2.24, 2.45) is 0 Å². The van der Waals surface area contributed by atoms with Gasteiger partial charge in [0.2, 0.25) is 21.9 Å². The van der Waals surface area contributed by atoms with Crippen molar-refractivity contribution in [3.05, 3.63) is 66.5 Å². The Balaban J connectivity index is 1.33. The highest BCUT2D eigenvalue weighted by Gasteiger charge is 2.50. The predicted molar refractivity (Wildman–Crippen MR) is 155 cm³/mol. The lowest BCUT2D eigenvalue weighted by Crippen LogP contribution is -2.28. The topological polar surface area (TPSA) is 106 Å². The highest BCUT2D eigenvalue weighted by molar-refractivity contribution is 7.94. The Hall–Kier alpha value is -3.79. The van der Waals surface area contributed by atoms with Crippen molar-refractivity contribution in [1.29, 1.82) is 0 Å². The van der Waals surface area contributed by atoms with Crippen molar-refractivity contribution >= 4 is 32.4 Å². The number of rotatable bonds is 8. The minimum Gasteiger partial charge on any atom is -0.437 e. The van der Waals surface area contributed by atoms with Crippen LogP contribution in [0.2, 0.25) is 0 Å². The fraction of sp³-hybridized carbons (Fsp3) is 0.367. The van der Waals surface area contributed by atoms with Crippen LogP contribution < -0.4 is 14.8 Å². The van der Waals surface area contributed by atoms with Gasteiger partial charge in [-0.3, -0.25) is 4.72 Å². The third kappa shape index (κ3) is 5.20. The molecular formula is C30H32FN5O3S. The van der Waals surface area contributed by atoms with E-state index in [1.807, 2.05) is 43.3 Å². The molecule has 2 aliphatic carbocycles. The van der Waals surface area contributed by atoms with Crippen molar-refractivity contribution in [3.63, 3.8) is 0 Å². The minimum absolute atomic E-state index is 0.00364. The molecule has 2 aliphatic rings. The number of benzene rings is 2. The van der Waals surface area contributed by atoms with Crippen LogP contribution in [0, 0.1) is 6.92 Å². The van der Waals surface area contributed by atoms with Gasteiger partial charge in [0, 0.05) is 29.2 Å². The van der Waals surface area contributed by atoms with Crippen molar-refractivity contribution in [1.82, 2.24) is 15.0 Å². The van der Waals surface area contributed by atoms with E-state index in [4.69, 9.17) is 9.72 Å². The van der Waals surface area contributed by atoms with Gasteiger partial charge in [-0.1, -0.05) is 24.3 Å². The van der Waals surface area contributed by atoms with E-state index in [0.717, 1.165) is 29.2 Å². The van der Waals surface area contributed by atoms with Crippen LogP contribution in [0.1, 0.15) is 51.0 Å². The second-order valence-electron chi connectivity index (χ2n) is 11.0. The molecular weight excluding hydrogens is 529 g/mol. The van der Waals surface area contributed by atoms with Crippen LogP contribution in [0.25, 0.3) is 22.0 Å². The Morgan fingerprint density at radius 3 is 2.60 bits per heavy atom. The largest absolute Gasteiger partial charge is 0.437 e. The summed E-state index contributed by atoms with van der Waals surface area (Å²) in [6.07, 6.45) is 6.60. The predicted octanol–water partition coefficient (Wildman–Crippen LogP) is 6.78. The quantitative estimate of drug-likeness (QED) is 0.244. The van der Waals surface area contributed by atoms with E-state index in [1.54, 1.807) is 31.5 Å². The molecule has 2 N–H and O–H groups in total. The number of alkyl halides is 1. The number of nitrogens with one attached hydrogen (secondary N) is 2. The van der Waals surface area contributed by atoms with Crippen molar-refractivity contribution in [3.8, 4) is 22.9 Å². The number of aryl methyl sites for hydroxylation is 1. The SMILES string of the molecule is Cc1cc(NS(=O)(=O)C2(C)CC2)c2ccccc2c1Oc1ncccc1-c1ccnc(NC2CCCC(F)C2)n1. The van der Waals surface area contributed by atoms with Crippen molar-refractivity contribution < 1.29 is 17.5 Å². The molecule has 2 atom stereocenters. The van der Waals surface area contributed by atoms with Crippen LogP contribution in [0.3, 0.4) is 0 Å². The molecule has 6 rings (SSSR count). The average molecular weight is 562 g/mol. The van der Waals surface area contributed by atoms with Gasteiger partial charge < -0.3 is 10.1 Å². The molecule has 10 heteroatoms. The first-order valence-corrected chi connectivity index (χ1v) is 15.1. The summed E-state index contributed by atoms with van der Waals surface area (Å²) < 4.78 is 48.5. The maximum absolute atomic E-state index is 13.9. The van der Waals surface area contributed by atoms with Gasteiger partial charge in [-0.25, -0.2) is 27.8 Å². The maximum atomic E-state index is 13.9. The van der Waals surface area contributed by atoms with Gasteiger partial charge in [-0.2, -0.15) is 0 Å². The molecule has 2 aromatic carbocycles. The van der Waals surface area contributed by atoms with E-state index in [2.05, 4.69) is 20.0 Å². The number of fused-ring (bicyclic) bond motifs is 1. The van der Waals surface area contributed by atoms with Gasteiger partial charge >= 0.3 is 0 Å². The zero-order chi connectivity index (χ0) is 27.9. The van der Waals surface area contributed by atoms with Crippen LogP contribution in [0.5, 0.6) is 11.6 Å². The van der Waals surface area contributed by atoms with Crippen LogP contribution in [-0.4, -0.2) is 40.3 Å². The molecule has 40 heavy (non-hydrogen) atoms. The normalized spacial score (nSPS) is 20.2. The van der Waals surface area contributed by atoms with Crippen LogP contribution in [0.4, 0.5) is 16.0 Å². The standard InChI is InChI=1S/C30H32FN5O3S/c1-19-17-26(36-40(37,38)30(2)13-14-30)22-9-3-4-10-23(22)27(19)39-28-24(11-6-15-32-28)25-12-16-33-29(35-25)34-21-8-5-7-20(31)18-21/h3-4,6,9-12,15-17,20-21,36H,5,7-8,13-14,18H2,1-2H3,(H,33,34,35). The lowest BCUT2D eigenvalue weighted by molar-refractivity contribution is 0.239. The molecule has 0 radical (unpaired) electrons. The number of hydrogen-bond donors (Lipinski definition) is 2. The first-order chi connectivity index (χ1) is 19.2. The number of ether oxygens (including phenoxy) is 1. The molecule has 8 nitrogen and oxygen atoms in total. The van der Waals surface area contributed by atoms with Gasteiger partial charge in [0.15, 0.2) is 0 Å². The summed E-state index contributed by atoms with van der Waals surface area (Å²) >= 11 is 0. The Morgan fingerprint density at radius 2 is 1.82 bits per heavy atom. The number of aromatic nitrogens is 3. The molecule has 0 bridgehead atoms. The van der Waals surface area contributed by atoms with E-state index in [1.165, 1.54) is 0 Å². The maximum Gasteiger partial charge on any atom is 0.238 e. The van der Waals surface area contributed by atoms with E-state index in [9.17, 15) is 12.8 Å². The fourth-order valence-electron chi connectivity index (χ4n) is 5.21. The fourth-order valence-corrected chi connectivity index (χ4v) is 6.55. The summed E-state index contributed by atoms with van der Waals surface area (Å²) in [4.78, 5) is 13.6. The first-order valence-electron chi connectivity index (χ1n) is 13.6. The van der Waals surface area contributed by atoms with Crippen LogP contribution in [-0.2, 0) is 10.0 Å². The van der Waals surface area contributed by atoms with E-state index < -0.39 is 20.9 Å². The third-order valence-electron chi connectivity index (χ3n) is 7.87. The molecule has 2 aromatic heterocycles. The lowest BCUT2D eigenvalue weighted by atomic mass is 9.94. The number of hydrogen-bond acceptors (Lipinski definition) is 7. The number of halogens is 1. The third-order valence-corrected chi connectivity index (χ3v) is 10.1. The molecule has 2 heterocycles.